The Bertz CT molecular complexity index is 1230. The topological polar surface area (TPSA) is 59.5 Å². The molecule has 1 aliphatic heterocycles. The van der Waals surface area contributed by atoms with E-state index < -0.39 is 17.4 Å². The van der Waals surface area contributed by atoms with E-state index in [1.807, 2.05) is 35.0 Å². The van der Waals surface area contributed by atoms with Gasteiger partial charge in [-0.1, -0.05) is 80.8 Å². The smallest absolute Gasteiger partial charge is 0.248 e. The molecule has 1 saturated heterocycles. The second-order valence-electron chi connectivity index (χ2n) is 9.62. The molecule has 0 radical (unpaired) electrons. The lowest BCUT2D eigenvalue weighted by atomic mass is 9.75. The molecule has 8 heteroatoms. The fourth-order valence-electron chi connectivity index (χ4n) is 5.50. The molecule has 1 aromatic carbocycles. The Balaban J connectivity index is 1.45. The summed E-state index contributed by atoms with van der Waals surface area (Å²) in [4.78, 5) is 32.1. The first kappa shape index (κ1) is 25.3. The van der Waals surface area contributed by atoms with Crippen LogP contribution in [0.2, 0.25) is 5.02 Å². The highest BCUT2D eigenvalue weighted by molar-refractivity contribution is 7.78. The van der Waals surface area contributed by atoms with Gasteiger partial charge >= 0.3 is 0 Å². The molecule has 5 nitrogen and oxygen atoms in total. The molecule has 2 unspecified atom stereocenters. The SMILES string of the molecule is O=C1CC(c2ccsc2)(c2cccc(OCCC3CCCCC3)n2)N(S)C(=O)C1c1ccccc1Cl. The maximum absolute atomic E-state index is 13.7. The number of piperidine rings is 1. The molecular weight excluding hydrogens is 512 g/mol. The summed E-state index contributed by atoms with van der Waals surface area (Å²) >= 11 is 12.6. The molecule has 0 N–H and O–H groups in total. The molecule has 188 valence electrons. The van der Waals surface area contributed by atoms with E-state index in [9.17, 15) is 9.59 Å². The molecule has 36 heavy (non-hydrogen) atoms. The summed E-state index contributed by atoms with van der Waals surface area (Å²) in [5, 5.41) is 4.26. The highest BCUT2D eigenvalue weighted by atomic mass is 35.5. The van der Waals surface area contributed by atoms with Gasteiger partial charge in [-0.2, -0.15) is 11.3 Å². The van der Waals surface area contributed by atoms with Crippen molar-refractivity contribution in [2.24, 2.45) is 5.92 Å². The first-order valence-corrected chi connectivity index (χ1v) is 14.2. The van der Waals surface area contributed by atoms with Crippen molar-refractivity contribution in [2.75, 3.05) is 6.61 Å². The molecule has 3 heterocycles. The van der Waals surface area contributed by atoms with Crippen molar-refractivity contribution in [3.05, 3.63) is 81.1 Å². The summed E-state index contributed by atoms with van der Waals surface area (Å²) in [6.07, 6.45) is 7.52. The normalized spacial score (nSPS) is 23.2. The minimum atomic E-state index is -1.14. The van der Waals surface area contributed by atoms with Gasteiger partial charge in [0.1, 0.15) is 11.5 Å². The van der Waals surface area contributed by atoms with Crippen molar-refractivity contribution in [3.8, 4) is 5.88 Å². The van der Waals surface area contributed by atoms with Crippen LogP contribution >= 0.6 is 35.8 Å². The van der Waals surface area contributed by atoms with Crippen LogP contribution in [0, 0.1) is 5.92 Å². The fourth-order valence-corrected chi connectivity index (χ4v) is 6.87. The number of hydrogen-bond donors (Lipinski definition) is 1. The molecule has 2 fully saturated rings. The number of carbonyl (C=O) groups is 2. The van der Waals surface area contributed by atoms with Crippen molar-refractivity contribution >= 4 is 47.4 Å². The number of pyridine rings is 1. The summed E-state index contributed by atoms with van der Waals surface area (Å²) in [6.45, 7) is 0.601. The predicted octanol–water partition coefficient (Wildman–Crippen LogP) is 6.82. The van der Waals surface area contributed by atoms with Crippen LogP contribution in [0.4, 0.5) is 0 Å². The van der Waals surface area contributed by atoms with Gasteiger partial charge in [-0.25, -0.2) is 4.98 Å². The van der Waals surface area contributed by atoms with Gasteiger partial charge in [0, 0.05) is 17.5 Å². The standard InChI is InChI=1S/C28H29ClN2O3S2/c29-22-10-5-4-9-21(22)26-23(32)17-28(31(35)27(26)33,20-14-16-36-18-20)24-11-6-12-25(30-24)34-15-13-19-7-2-1-3-8-19/h4-6,9-12,14,16,18-19,26,35H,1-3,7-8,13,15,17H2. The number of aromatic nitrogens is 1. The number of hydrogen-bond acceptors (Lipinski definition) is 6. The van der Waals surface area contributed by atoms with Crippen LogP contribution in [-0.4, -0.2) is 27.6 Å². The monoisotopic (exact) mass is 540 g/mol. The van der Waals surface area contributed by atoms with Gasteiger partial charge < -0.3 is 4.74 Å². The van der Waals surface area contributed by atoms with E-state index in [1.54, 1.807) is 24.3 Å². The summed E-state index contributed by atoms with van der Waals surface area (Å²) in [5.41, 5.74) is 0.719. The number of thiol groups is 1. The predicted molar refractivity (Wildman–Crippen MR) is 146 cm³/mol. The highest BCUT2D eigenvalue weighted by Gasteiger charge is 2.53. The first-order chi connectivity index (χ1) is 17.5. The minimum absolute atomic E-state index is 0.0351. The van der Waals surface area contributed by atoms with Crippen LogP contribution in [0.1, 0.15) is 67.7 Å². The van der Waals surface area contributed by atoms with Gasteiger partial charge in [0.05, 0.1) is 12.3 Å². The molecule has 1 amide bonds. The Hall–Kier alpha value is -2.35. The molecule has 0 bridgehead atoms. The number of Topliss-reactive ketones (excluding diaryl/α,β-unsaturated/α-hetero) is 1. The fraction of sp³-hybridized carbons (Fsp3) is 0.393. The van der Waals surface area contributed by atoms with Crippen LogP contribution in [0.25, 0.3) is 0 Å². The zero-order valence-electron chi connectivity index (χ0n) is 19.9. The second-order valence-corrected chi connectivity index (χ2v) is 11.2. The maximum Gasteiger partial charge on any atom is 0.248 e. The van der Waals surface area contributed by atoms with Crippen LogP contribution in [0.3, 0.4) is 0 Å². The van der Waals surface area contributed by atoms with E-state index in [0.29, 0.717) is 34.7 Å². The molecule has 5 rings (SSSR count). The van der Waals surface area contributed by atoms with Crippen LogP contribution in [-0.2, 0) is 15.1 Å². The lowest BCUT2D eigenvalue weighted by Crippen LogP contribution is -2.54. The molecule has 3 aromatic rings. The third kappa shape index (κ3) is 4.81. The number of halogens is 1. The maximum atomic E-state index is 13.7. The number of ketones is 1. The Kier molecular flexibility index (Phi) is 7.70. The lowest BCUT2D eigenvalue weighted by Gasteiger charge is -2.45. The van der Waals surface area contributed by atoms with Crippen molar-refractivity contribution in [1.29, 1.82) is 0 Å². The van der Waals surface area contributed by atoms with Crippen molar-refractivity contribution < 1.29 is 14.3 Å². The summed E-state index contributed by atoms with van der Waals surface area (Å²) in [6, 6.07) is 14.4. The average molecular weight is 541 g/mol. The van der Waals surface area contributed by atoms with Gasteiger partial charge in [-0.05, 0) is 52.4 Å². The Morgan fingerprint density at radius 1 is 1.08 bits per heavy atom. The molecule has 1 saturated carbocycles. The van der Waals surface area contributed by atoms with E-state index >= 15 is 0 Å². The summed E-state index contributed by atoms with van der Waals surface area (Å²) in [7, 11) is 0. The van der Waals surface area contributed by atoms with Crippen molar-refractivity contribution in [1.82, 2.24) is 9.29 Å². The Labute approximate surface area is 226 Å². The lowest BCUT2D eigenvalue weighted by molar-refractivity contribution is -0.142. The zero-order chi connectivity index (χ0) is 25.1. The van der Waals surface area contributed by atoms with E-state index in [-0.39, 0.29) is 12.2 Å². The number of benzene rings is 1. The van der Waals surface area contributed by atoms with Crippen molar-refractivity contribution in [2.45, 2.75) is 56.4 Å². The molecule has 2 aromatic heterocycles. The minimum Gasteiger partial charge on any atom is -0.478 e. The van der Waals surface area contributed by atoms with Gasteiger partial charge in [0.2, 0.25) is 11.8 Å². The quantitative estimate of drug-likeness (QED) is 0.264. The van der Waals surface area contributed by atoms with Gasteiger partial charge in [0.25, 0.3) is 0 Å². The van der Waals surface area contributed by atoms with Gasteiger partial charge in [0.15, 0.2) is 5.78 Å². The van der Waals surface area contributed by atoms with Crippen LogP contribution < -0.4 is 4.74 Å². The molecular formula is C28H29ClN2O3S2. The van der Waals surface area contributed by atoms with Crippen molar-refractivity contribution in [3.63, 3.8) is 0 Å². The first-order valence-electron chi connectivity index (χ1n) is 12.4. The van der Waals surface area contributed by atoms with E-state index in [0.717, 1.165) is 12.0 Å². The number of nitrogens with zero attached hydrogens (tertiary/aromatic N) is 2. The van der Waals surface area contributed by atoms with E-state index in [4.69, 9.17) is 34.1 Å². The third-order valence-electron chi connectivity index (χ3n) is 7.43. The Morgan fingerprint density at radius 2 is 1.89 bits per heavy atom. The van der Waals surface area contributed by atoms with Crippen LogP contribution in [0.15, 0.2) is 59.3 Å². The Morgan fingerprint density at radius 3 is 2.64 bits per heavy atom. The van der Waals surface area contributed by atoms with Gasteiger partial charge in [-0.15, -0.1) is 0 Å². The summed E-state index contributed by atoms with van der Waals surface area (Å²) < 4.78 is 7.43. The number of thiophene rings is 1. The van der Waals surface area contributed by atoms with E-state index in [1.165, 1.54) is 47.7 Å². The highest BCUT2D eigenvalue weighted by Crippen LogP contribution is 2.48. The molecule has 1 aliphatic carbocycles. The number of rotatable bonds is 7. The number of carbonyl (C=O) groups excluding carboxylic acids is 2. The van der Waals surface area contributed by atoms with Gasteiger partial charge in [-0.3, -0.25) is 13.9 Å². The molecule has 2 aliphatic rings. The summed E-state index contributed by atoms with van der Waals surface area (Å²) in [5.74, 6) is -0.428. The third-order valence-corrected chi connectivity index (χ3v) is 9.00. The molecule has 0 spiro atoms. The largest absolute Gasteiger partial charge is 0.478 e. The average Bonchev–Trinajstić information content (AvgIpc) is 3.44. The zero-order valence-corrected chi connectivity index (χ0v) is 22.4. The second kappa shape index (κ2) is 11.0. The number of ether oxygens (including phenoxy) is 1. The molecule has 2 atom stereocenters. The van der Waals surface area contributed by atoms with E-state index in [2.05, 4.69) is 0 Å². The number of amides is 1. The van der Waals surface area contributed by atoms with Crippen LogP contribution in [0.5, 0.6) is 5.88 Å².